The van der Waals surface area contributed by atoms with E-state index in [0.29, 0.717) is 0 Å². The van der Waals surface area contributed by atoms with Gasteiger partial charge in [0.2, 0.25) is 10.0 Å². The van der Waals surface area contributed by atoms with Gasteiger partial charge in [0, 0.05) is 18.1 Å². The number of aliphatic carboxylic acids is 1. The molecule has 1 N–H and O–H groups in total. The molecule has 2 rings (SSSR count). The van der Waals surface area contributed by atoms with Crippen LogP contribution in [0.15, 0.2) is 17.0 Å². The molecular formula is C11H10Cl3NO4S. The van der Waals surface area contributed by atoms with Crippen molar-refractivity contribution in [3.05, 3.63) is 27.2 Å². The molecule has 0 aliphatic carbocycles. The Morgan fingerprint density at radius 1 is 1.25 bits per heavy atom. The first-order valence-corrected chi connectivity index (χ1v) is 8.18. The monoisotopic (exact) mass is 357 g/mol. The lowest BCUT2D eigenvalue weighted by molar-refractivity contribution is -0.141. The first kappa shape index (κ1) is 15.9. The minimum absolute atomic E-state index is 0.0822. The number of nitrogens with zero attached hydrogens (tertiary/aromatic N) is 1. The zero-order chi connectivity index (χ0) is 15.1. The molecule has 1 aliphatic rings. The molecule has 1 aromatic carbocycles. The minimum Gasteiger partial charge on any atom is -0.481 e. The van der Waals surface area contributed by atoms with Crippen LogP contribution >= 0.6 is 34.8 Å². The Labute approximate surface area is 131 Å². The van der Waals surface area contributed by atoms with E-state index < -0.39 is 21.9 Å². The van der Waals surface area contributed by atoms with E-state index in [1.54, 1.807) is 0 Å². The summed E-state index contributed by atoms with van der Waals surface area (Å²) in [5, 5.41) is 8.98. The van der Waals surface area contributed by atoms with Gasteiger partial charge in [0.15, 0.2) is 0 Å². The van der Waals surface area contributed by atoms with E-state index in [9.17, 15) is 13.2 Å². The summed E-state index contributed by atoms with van der Waals surface area (Å²) in [5.41, 5.74) is 0. The number of halogens is 3. The average Bonchev–Trinajstić information content (AvgIpc) is 2.76. The Hall–Kier alpha value is -0.530. The van der Waals surface area contributed by atoms with E-state index in [-0.39, 0.29) is 39.5 Å². The predicted octanol–water partition coefficient (Wildman–Crippen LogP) is 2.74. The zero-order valence-electron chi connectivity index (χ0n) is 10.0. The number of carboxylic acid groups (broad SMARTS) is 1. The fourth-order valence-corrected chi connectivity index (χ4v) is 5.05. The van der Waals surface area contributed by atoms with Crippen LogP contribution in [0.1, 0.15) is 6.42 Å². The van der Waals surface area contributed by atoms with Gasteiger partial charge in [-0.15, -0.1) is 0 Å². The van der Waals surface area contributed by atoms with E-state index in [1.165, 1.54) is 12.1 Å². The lowest BCUT2D eigenvalue weighted by atomic mass is 10.1. The van der Waals surface area contributed by atoms with Crippen LogP contribution in [0, 0.1) is 5.92 Å². The average molecular weight is 359 g/mol. The lowest BCUT2D eigenvalue weighted by Crippen LogP contribution is -2.30. The third kappa shape index (κ3) is 2.89. The van der Waals surface area contributed by atoms with Crippen LogP contribution in [0.3, 0.4) is 0 Å². The molecule has 0 bridgehead atoms. The molecule has 0 amide bonds. The fourth-order valence-electron chi connectivity index (χ4n) is 2.05. The number of benzene rings is 1. The number of carboxylic acids is 1. The standard InChI is InChI=1S/C11H10Cl3NO4S/c12-7-3-8(13)10(9(14)4-7)20(18,19)15-2-1-6(5-15)11(16)17/h3-4,6H,1-2,5H2,(H,16,17)/t6-/m0/s1. The van der Waals surface area contributed by atoms with Gasteiger partial charge in [-0.3, -0.25) is 4.79 Å². The molecule has 1 heterocycles. The molecule has 0 spiro atoms. The fraction of sp³-hybridized carbons (Fsp3) is 0.364. The van der Waals surface area contributed by atoms with Crippen molar-refractivity contribution in [3.8, 4) is 0 Å². The van der Waals surface area contributed by atoms with Crippen molar-refractivity contribution in [1.29, 1.82) is 0 Å². The zero-order valence-corrected chi connectivity index (χ0v) is 13.1. The number of rotatable bonds is 3. The molecule has 1 aliphatic heterocycles. The van der Waals surface area contributed by atoms with Crippen LogP contribution in [-0.4, -0.2) is 36.9 Å². The van der Waals surface area contributed by atoms with Gasteiger partial charge in [-0.05, 0) is 18.6 Å². The SMILES string of the molecule is O=C(O)[C@H]1CCN(S(=O)(=O)c2c(Cl)cc(Cl)cc2Cl)C1. The summed E-state index contributed by atoms with van der Waals surface area (Å²) in [7, 11) is -3.94. The summed E-state index contributed by atoms with van der Waals surface area (Å²) >= 11 is 17.6. The molecular weight excluding hydrogens is 349 g/mol. The molecule has 0 aromatic heterocycles. The van der Waals surface area contributed by atoms with Crippen LogP contribution in [-0.2, 0) is 14.8 Å². The Morgan fingerprint density at radius 3 is 2.25 bits per heavy atom. The van der Waals surface area contributed by atoms with Crippen molar-refractivity contribution in [1.82, 2.24) is 4.31 Å². The maximum atomic E-state index is 12.5. The molecule has 0 unspecified atom stereocenters. The number of hydrogen-bond donors (Lipinski definition) is 1. The van der Waals surface area contributed by atoms with Crippen molar-refractivity contribution in [2.75, 3.05) is 13.1 Å². The third-order valence-corrected chi connectivity index (χ3v) is 6.07. The van der Waals surface area contributed by atoms with Gasteiger partial charge in [0.25, 0.3) is 0 Å². The highest BCUT2D eigenvalue weighted by molar-refractivity contribution is 7.89. The Morgan fingerprint density at radius 2 is 1.80 bits per heavy atom. The first-order valence-electron chi connectivity index (χ1n) is 5.61. The second-order valence-corrected chi connectivity index (χ2v) is 7.51. The van der Waals surface area contributed by atoms with Crippen molar-refractivity contribution in [3.63, 3.8) is 0 Å². The highest BCUT2D eigenvalue weighted by Gasteiger charge is 2.37. The summed E-state index contributed by atoms with van der Waals surface area (Å²) < 4.78 is 26.0. The molecule has 20 heavy (non-hydrogen) atoms. The quantitative estimate of drug-likeness (QED) is 0.901. The van der Waals surface area contributed by atoms with Crippen LogP contribution in [0.25, 0.3) is 0 Å². The van der Waals surface area contributed by atoms with Gasteiger partial charge < -0.3 is 5.11 Å². The molecule has 5 nitrogen and oxygen atoms in total. The Kier molecular flexibility index (Phi) is 4.51. The maximum Gasteiger partial charge on any atom is 0.307 e. The second kappa shape index (κ2) is 5.69. The van der Waals surface area contributed by atoms with E-state index in [2.05, 4.69) is 0 Å². The summed E-state index contributed by atoms with van der Waals surface area (Å²) in [6.45, 7) is 0.0293. The smallest absolute Gasteiger partial charge is 0.307 e. The molecule has 110 valence electrons. The molecule has 1 aromatic rings. The van der Waals surface area contributed by atoms with Gasteiger partial charge in [-0.1, -0.05) is 34.8 Å². The van der Waals surface area contributed by atoms with Crippen LogP contribution in [0.2, 0.25) is 15.1 Å². The third-order valence-electron chi connectivity index (χ3n) is 3.06. The van der Waals surface area contributed by atoms with Gasteiger partial charge in [-0.25, -0.2) is 8.42 Å². The topological polar surface area (TPSA) is 74.7 Å². The summed E-state index contributed by atoms with van der Waals surface area (Å²) in [6.07, 6.45) is 0.261. The maximum absolute atomic E-state index is 12.5. The lowest BCUT2D eigenvalue weighted by Gasteiger charge is -2.18. The number of hydrogen-bond acceptors (Lipinski definition) is 3. The number of carbonyl (C=O) groups is 1. The Bertz CT molecular complexity index is 639. The molecule has 9 heteroatoms. The normalized spacial score (nSPS) is 20.2. The van der Waals surface area contributed by atoms with E-state index in [4.69, 9.17) is 39.9 Å². The van der Waals surface area contributed by atoms with E-state index >= 15 is 0 Å². The molecule has 0 radical (unpaired) electrons. The van der Waals surface area contributed by atoms with Crippen LogP contribution in [0.4, 0.5) is 0 Å². The van der Waals surface area contributed by atoms with Crippen molar-refractivity contribution < 1.29 is 18.3 Å². The summed E-state index contributed by atoms with van der Waals surface area (Å²) in [5.74, 6) is -1.73. The van der Waals surface area contributed by atoms with Crippen molar-refractivity contribution >= 4 is 50.8 Å². The summed E-state index contributed by atoms with van der Waals surface area (Å²) in [4.78, 5) is 10.7. The minimum atomic E-state index is -3.94. The predicted molar refractivity (Wildman–Crippen MR) is 76.0 cm³/mol. The van der Waals surface area contributed by atoms with Gasteiger partial charge >= 0.3 is 5.97 Å². The molecule has 0 saturated carbocycles. The van der Waals surface area contributed by atoms with Gasteiger partial charge in [-0.2, -0.15) is 4.31 Å². The summed E-state index contributed by atoms with van der Waals surface area (Å²) in [6, 6.07) is 2.57. The highest BCUT2D eigenvalue weighted by Crippen LogP contribution is 2.36. The van der Waals surface area contributed by atoms with Crippen molar-refractivity contribution in [2.45, 2.75) is 11.3 Å². The highest BCUT2D eigenvalue weighted by atomic mass is 35.5. The Balaban J connectivity index is 2.40. The van der Waals surface area contributed by atoms with Gasteiger partial charge in [0.1, 0.15) is 4.90 Å². The molecule has 1 saturated heterocycles. The van der Waals surface area contributed by atoms with E-state index in [0.717, 1.165) is 4.31 Å². The second-order valence-electron chi connectivity index (χ2n) is 4.39. The molecule has 1 atom stereocenters. The van der Waals surface area contributed by atoms with Gasteiger partial charge in [0.05, 0.1) is 16.0 Å². The van der Waals surface area contributed by atoms with Crippen molar-refractivity contribution in [2.24, 2.45) is 5.92 Å². The largest absolute Gasteiger partial charge is 0.481 e. The first-order chi connectivity index (χ1) is 9.23. The van der Waals surface area contributed by atoms with E-state index in [1.807, 2.05) is 0 Å². The van der Waals surface area contributed by atoms with Crippen LogP contribution < -0.4 is 0 Å². The molecule has 1 fully saturated rings. The number of sulfonamides is 1. The van der Waals surface area contributed by atoms with Crippen LogP contribution in [0.5, 0.6) is 0 Å².